The summed E-state index contributed by atoms with van der Waals surface area (Å²) in [5.41, 5.74) is 1.52. The lowest BCUT2D eigenvalue weighted by molar-refractivity contribution is -0.161. The quantitative estimate of drug-likeness (QED) is 0.712. The molecule has 0 aromatic heterocycles. The van der Waals surface area contributed by atoms with Crippen LogP contribution >= 0.6 is 0 Å². The number of hydrogen-bond acceptors (Lipinski definition) is 4. The van der Waals surface area contributed by atoms with Gasteiger partial charge in [0.15, 0.2) is 0 Å². The molecule has 1 saturated carbocycles. The minimum atomic E-state index is -0.231. The van der Waals surface area contributed by atoms with E-state index in [0.717, 1.165) is 44.6 Å². The number of carbonyl (C=O) groups excluding carboxylic acids is 1. The highest BCUT2D eigenvalue weighted by Gasteiger charge is 2.52. The number of hydrogen-bond donors (Lipinski definition) is 0. The van der Waals surface area contributed by atoms with E-state index in [4.69, 9.17) is 9.47 Å². The molecule has 1 atom stereocenters. The molecule has 0 bridgehead atoms. The molecular formula is C25H35FN2O3. The summed E-state index contributed by atoms with van der Waals surface area (Å²) >= 11 is 0. The standard InChI is InChI=1S/C25H35FN2O3/c1-17(2)31-23-11-20(26)3-4-22(23)18-6-9-27(10-7-18)21-5-8-25(12-21)15-28(16-25)24(29)19-13-30-14-19/h3-4,11,17-19,21H,5-10,12-16H2,1-2H3. The molecule has 6 heteroatoms. The highest BCUT2D eigenvalue weighted by molar-refractivity contribution is 5.80. The van der Waals surface area contributed by atoms with Gasteiger partial charge in [0.2, 0.25) is 5.91 Å². The van der Waals surface area contributed by atoms with Crippen LogP contribution in [0, 0.1) is 17.2 Å². The first-order valence-electron chi connectivity index (χ1n) is 12.0. The number of carbonyl (C=O) groups is 1. The van der Waals surface area contributed by atoms with Crippen molar-refractivity contribution in [3.8, 4) is 5.75 Å². The third-order valence-corrected chi connectivity index (χ3v) is 7.85. The van der Waals surface area contributed by atoms with Crippen molar-refractivity contribution in [1.82, 2.24) is 9.80 Å². The summed E-state index contributed by atoms with van der Waals surface area (Å²) in [6.45, 7) is 9.26. The maximum atomic E-state index is 13.8. The summed E-state index contributed by atoms with van der Waals surface area (Å²) in [6.07, 6.45) is 5.94. The molecule has 5 rings (SSSR count). The Balaban J connectivity index is 1.14. The Kier molecular flexibility index (Phi) is 5.72. The Morgan fingerprint density at radius 3 is 2.58 bits per heavy atom. The first-order chi connectivity index (χ1) is 14.9. The maximum Gasteiger partial charge on any atom is 0.230 e. The van der Waals surface area contributed by atoms with Crippen molar-refractivity contribution >= 4 is 5.91 Å². The fraction of sp³-hybridized carbons (Fsp3) is 0.720. The molecule has 4 fully saturated rings. The van der Waals surface area contributed by atoms with E-state index in [9.17, 15) is 9.18 Å². The molecule has 1 spiro atoms. The molecule has 3 aliphatic heterocycles. The molecule has 3 saturated heterocycles. The summed E-state index contributed by atoms with van der Waals surface area (Å²) in [4.78, 5) is 17.1. The van der Waals surface area contributed by atoms with E-state index in [2.05, 4.69) is 9.80 Å². The fourth-order valence-corrected chi connectivity index (χ4v) is 6.11. The Morgan fingerprint density at radius 1 is 1.19 bits per heavy atom. The number of nitrogens with zero attached hydrogens (tertiary/aromatic N) is 2. The van der Waals surface area contributed by atoms with Gasteiger partial charge in [-0.05, 0) is 76.6 Å². The van der Waals surface area contributed by atoms with Gasteiger partial charge in [-0.25, -0.2) is 4.39 Å². The molecular weight excluding hydrogens is 395 g/mol. The van der Waals surface area contributed by atoms with Gasteiger partial charge in [-0.2, -0.15) is 0 Å². The third-order valence-electron chi connectivity index (χ3n) is 7.85. The molecule has 4 aliphatic rings. The van der Waals surface area contributed by atoms with E-state index in [0.29, 0.717) is 42.2 Å². The largest absolute Gasteiger partial charge is 0.491 e. The average Bonchev–Trinajstić information content (AvgIpc) is 3.11. The van der Waals surface area contributed by atoms with Crippen LogP contribution in [0.3, 0.4) is 0 Å². The van der Waals surface area contributed by atoms with E-state index in [1.807, 2.05) is 19.9 Å². The van der Waals surface area contributed by atoms with Gasteiger partial charge in [0, 0.05) is 30.6 Å². The zero-order valence-electron chi connectivity index (χ0n) is 18.8. The lowest BCUT2D eigenvalue weighted by atomic mass is 9.77. The van der Waals surface area contributed by atoms with Crippen molar-refractivity contribution in [1.29, 1.82) is 0 Å². The van der Waals surface area contributed by atoms with Crippen molar-refractivity contribution in [2.24, 2.45) is 11.3 Å². The molecule has 1 unspecified atom stereocenters. The van der Waals surface area contributed by atoms with Gasteiger partial charge in [-0.1, -0.05) is 6.07 Å². The number of rotatable bonds is 5. The zero-order valence-corrected chi connectivity index (χ0v) is 18.8. The van der Waals surface area contributed by atoms with Crippen molar-refractivity contribution in [2.45, 2.75) is 64.0 Å². The van der Waals surface area contributed by atoms with Crippen molar-refractivity contribution in [3.63, 3.8) is 0 Å². The fourth-order valence-electron chi connectivity index (χ4n) is 6.11. The van der Waals surface area contributed by atoms with Crippen molar-refractivity contribution in [2.75, 3.05) is 39.4 Å². The van der Waals surface area contributed by atoms with Crippen LogP contribution in [0.5, 0.6) is 5.75 Å². The normalized spacial score (nSPS) is 26.8. The van der Waals surface area contributed by atoms with Crippen LogP contribution in [0.25, 0.3) is 0 Å². The minimum Gasteiger partial charge on any atom is -0.491 e. The summed E-state index contributed by atoms with van der Waals surface area (Å²) in [7, 11) is 0. The molecule has 0 N–H and O–H groups in total. The van der Waals surface area contributed by atoms with E-state index in [-0.39, 0.29) is 17.8 Å². The summed E-state index contributed by atoms with van der Waals surface area (Å²) in [5.74, 6) is 1.34. The van der Waals surface area contributed by atoms with Crippen LogP contribution in [0.1, 0.15) is 57.4 Å². The predicted octanol–water partition coefficient (Wildman–Crippen LogP) is 3.82. The highest BCUT2D eigenvalue weighted by Crippen LogP contribution is 2.48. The molecule has 170 valence electrons. The smallest absolute Gasteiger partial charge is 0.230 e. The second kappa shape index (κ2) is 8.36. The van der Waals surface area contributed by atoms with Gasteiger partial charge in [-0.15, -0.1) is 0 Å². The zero-order chi connectivity index (χ0) is 21.6. The lowest BCUT2D eigenvalue weighted by Crippen LogP contribution is -2.61. The summed E-state index contributed by atoms with van der Waals surface area (Å²) in [5, 5.41) is 0. The van der Waals surface area contributed by atoms with Crippen LogP contribution in [-0.4, -0.2) is 67.2 Å². The molecule has 3 heterocycles. The van der Waals surface area contributed by atoms with Crippen LogP contribution in [0.2, 0.25) is 0 Å². The van der Waals surface area contributed by atoms with Crippen LogP contribution in [-0.2, 0) is 9.53 Å². The molecule has 1 aromatic rings. The van der Waals surface area contributed by atoms with Crippen LogP contribution in [0.15, 0.2) is 18.2 Å². The Morgan fingerprint density at radius 2 is 1.94 bits per heavy atom. The first kappa shape index (κ1) is 21.2. The molecule has 31 heavy (non-hydrogen) atoms. The Labute approximate surface area is 184 Å². The second-order valence-electron chi connectivity index (χ2n) is 10.5. The topological polar surface area (TPSA) is 42.0 Å². The number of likely N-dealkylation sites (tertiary alicyclic amines) is 2. The van der Waals surface area contributed by atoms with E-state index in [1.54, 1.807) is 12.1 Å². The van der Waals surface area contributed by atoms with Crippen molar-refractivity contribution in [3.05, 3.63) is 29.6 Å². The molecule has 1 aliphatic carbocycles. The SMILES string of the molecule is CC(C)Oc1cc(F)ccc1C1CCN(C2CCC3(C2)CN(C(=O)C2COC2)C3)CC1. The Bertz CT molecular complexity index is 811. The molecule has 0 radical (unpaired) electrons. The highest BCUT2D eigenvalue weighted by atomic mass is 19.1. The number of halogens is 1. The number of piperidine rings is 1. The van der Waals surface area contributed by atoms with Gasteiger partial charge in [0.25, 0.3) is 0 Å². The average molecular weight is 431 g/mol. The summed E-state index contributed by atoms with van der Waals surface area (Å²) < 4.78 is 24.9. The van der Waals surface area contributed by atoms with Crippen molar-refractivity contribution < 1.29 is 18.7 Å². The minimum absolute atomic E-state index is 0.0426. The van der Waals surface area contributed by atoms with Crippen LogP contribution < -0.4 is 4.74 Å². The maximum absolute atomic E-state index is 13.8. The van der Waals surface area contributed by atoms with Gasteiger partial charge in [0.05, 0.1) is 25.2 Å². The first-order valence-corrected chi connectivity index (χ1v) is 12.0. The summed E-state index contributed by atoms with van der Waals surface area (Å²) in [6, 6.07) is 5.67. The predicted molar refractivity (Wildman–Crippen MR) is 117 cm³/mol. The Hall–Kier alpha value is -1.66. The van der Waals surface area contributed by atoms with Gasteiger partial charge in [0.1, 0.15) is 11.6 Å². The molecule has 1 amide bonds. The monoisotopic (exact) mass is 430 g/mol. The number of benzene rings is 1. The number of ether oxygens (including phenoxy) is 2. The molecule has 5 nitrogen and oxygen atoms in total. The lowest BCUT2D eigenvalue weighted by Gasteiger charge is -2.50. The van der Waals surface area contributed by atoms with Crippen LogP contribution in [0.4, 0.5) is 4.39 Å². The van der Waals surface area contributed by atoms with Gasteiger partial charge >= 0.3 is 0 Å². The van der Waals surface area contributed by atoms with E-state index >= 15 is 0 Å². The van der Waals surface area contributed by atoms with E-state index in [1.165, 1.54) is 19.3 Å². The second-order valence-corrected chi connectivity index (χ2v) is 10.5. The van der Waals surface area contributed by atoms with Gasteiger partial charge < -0.3 is 19.3 Å². The van der Waals surface area contributed by atoms with Gasteiger partial charge in [-0.3, -0.25) is 4.79 Å². The molecule has 1 aromatic carbocycles. The third kappa shape index (κ3) is 4.21. The van der Waals surface area contributed by atoms with E-state index < -0.39 is 0 Å². The number of amides is 1.